The predicted molar refractivity (Wildman–Crippen MR) is 78.3 cm³/mol. The highest BCUT2D eigenvalue weighted by atomic mass is 15.2. The highest BCUT2D eigenvalue weighted by molar-refractivity contribution is 5.64. The Morgan fingerprint density at radius 3 is 2.75 bits per heavy atom. The van der Waals surface area contributed by atoms with E-state index in [2.05, 4.69) is 25.1 Å². The Hall–Kier alpha value is -2.15. The van der Waals surface area contributed by atoms with Gasteiger partial charge in [0.1, 0.15) is 11.5 Å². The molecule has 0 radical (unpaired) electrons. The summed E-state index contributed by atoms with van der Waals surface area (Å²) in [7, 11) is 0. The zero-order chi connectivity index (χ0) is 14.3. The molecule has 2 aromatic rings. The summed E-state index contributed by atoms with van der Waals surface area (Å²) in [5.41, 5.74) is 15.5. The normalized spacial score (nSPS) is 18.8. The van der Waals surface area contributed by atoms with Crippen LogP contribution in [0.3, 0.4) is 0 Å². The molecule has 2 aromatic heterocycles. The fourth-order valence-electron chi connectivity index (χ4n) is 2.47. The lowest BCUT2D eigenvalue weighted by Crippen LogP contribution is -2.27. The molecule has 0 amide bonds. The van der Waals surface area contributed by atoms with Crippen molar-refractivity contribution < 1.29 is 0 Å². The van der Waals surface area contributed by atoms with Gasteiger partial charge in [-0.3, -0.25) is 5.10 Å². The van der Waals surface area contributed by atoms with Crippen molar-refractivity contribution in [3.05, 3.63) is 17.3 Å². The van der Waals surface area contributed by atoms with E-state index >= 15 is 0 Å². The summed E-state index contributed by atoms with van der Waals surface area (Å²) in [5.74, 6) is 1.08. The molecular weight excluding hydrogens is 254 g/mol. The third kappa shape index (κ3) is 2.20. The van der Waals surface area contributed by atoms with Crippen LogP contribution in [-0.4, -0.2) is 39.3 Å². The van der Waals surface area contributed by atoms with Crippen molar-refractivity contribution in [3.8, 4) is 11.4 Å². The van der Waals surface area contributed by atoms with Crippen LogP contribution in [0.5, 0.6) is 0 Å². The summed E-state index contributed by atoms with van der Waals surface area (Å²) >= 11 is 0. The molecule has 5 N–H and O–H groups in total. The maximum absolute atomic E-state index is 5.94. The lowest BCUT2D eigenvalue weighted by Gasteiger charge is -2.17. The van der Waals surface area contributed by atoms with Crippen LogP contribution in [0.15, 0.2) is 6.07 Å². The van der Waals surface area contributed by atoms with E-state index in [4.69, 9.17) is 11.5 Å². The van der Waals surface area contributed by atoms with Crippen molar-refractivity contribution in [2.45, 2.75) is 26.3 Å². The van der Waals surface area contributed by atoms with Crippen molar-refractivity contribution in [1.29, 1.82) is 0 Å². The molecule has 0 bridgehead atoms. The van der Waals surface area contributed by atoms with Crippen LogP contribution in [0.1, 0.15) is 17.7 Å². The first-order valence-corrected chi connectivity index (χ1v) is 6.71. The quantitative estimate of drug-likeness (QED) is 0.739. The minimum Gasteiger partial charge on any atom is -0.368 e. The van der Waals surface area contributed by atoms with Gasteiger partial charge in [0.15, 0.2) is 0 Å². The fraction of sp³-hybridized carbons (Fsp3) is 0.462. The third-order valence-corrected chi connectivity index (χ3v) is 3.77. The van der Waals surface area contributed by atoms with Gasteiger partial charge in [-0.1, -0.05) is 0 Å². The van der Waals surface area contributed by atoms with Crippen LogP contribution in [0.2, 0.25) is 0 Å². The summed E-state index contributed by atoms with van der Waals surface area (Å²) in [6.07, 6.45) is 0.972. The van der Waals surface area contributed by atoms with E-state index in [1.54, 1.807) is 0 Å². The molecule has 0 aliphatic carbocycles. The molecule has 1 atom stereocenters. The van der Waals surface area contributed by atoms with Crippen molar-refractivity contribution >= 4 is 11.8 Å². The van der Waals surface area contributed by atoms with Crippen LogP contribution in [0.25, 0.3) is 11.4 Å². The number of aromatic amines is 1. The topological polar surface area (TPSA) is 110 Å². The van der Waals surface area contributed by atoms with Gasteiger partial charge in [0.25, 0.3) is 0 Å². The van der Waals surface area contributed by atoms with Gasteiger partial charge in [-0.05, 0) is 25.8 Å². The largest absolute Gasteiger partial charge is 0.368 e. The molecule has 20 heavy (non-hydrogen) atoms. The molecule has 1 aliphatic rings. The molecule has 3 heterocycles. The molecular formula is C13H19N7. The first kappa shape index (κ1) is 12.9. The maximum atomic E-state index is 5.94. The second-order valence-electron chi connectivity index (χ2n) is 5.29. The Morgan fingerprint density at radius 1 is 1.35 bits per heavy atom. The standard InChI is InChI=1S/C13H19N7/c1-7-8(2)18-19-12(7)10-5-11(17-13(15)16-10)20-4-3-9(14)6-20/h5,9H,3-4,6,14H2,1-2H3,(H,18,19)(H2,15,16,17)/t9-/m1/s1. The average molecular weight is 273 g/mol. The number of hydrogen-bond acceptors (Lipinski definition) is 6. The second kappa shape index (κ2) is 4.75. The minimum absolute atomic E-state index is 0.198. The van der Waals surface area contributed by atoms with Crippen molar-refractivity contribution in [1.82, 2.24) is 20.2 Å². The number of aromatic nitrogens is 4. The number of nitrogen functional groups attached to an aromatic ring is 1. The number of rotatable bonds is 2. The van der Waals surface area contributed by atoms with E-state index in [-0.39, 0.29) is 12.0 Å². The number of anilines is 2. The third-order valence-electron chi connectivity index (χ3n) is 3.77. The van der Waals surface area contributed by atoms with E-state index in [1.165, 1.54) is 0 Å². The summed E-state index contributed by atoms with van der Waals surface area (Å²) in [6, 6.07) is 2.13. The van der Waals surface area contributed by atoms with Crippen molar-refractivity contribution in [2.75, 3.05) is 23.7 Å². The van der Waals surface area contributed by atoms with E-state index in [1.807, 2.05) is 19.9 Å². The summed E-state index contributed by atoms with van der Waals surface area (Å²) < 4.78 is 0. The molecule has 106 valence electrons. The van der Waals surface area contributed by atoms with Crippen LogP contribution >= 0.6 is 0 Å². The number of nitrogens with zero attached hydrogens (tertiary/aromatic N) is 4. The van der Waals surface area contributed by atoms with Crippen LogP contribution in [0.4, 0.5) is 11.8 Å². The fourth-order valence-corrected chi connectivity index (χ4v) is 2.47. The predicted octanol–water partition coefficient (Wildman–Crippen LogP) is 0.603. The number of nitrogens with one attached hydrogen (secondary N) is 1. The number of H-pyrrole nitrogens is 1. The molecule has 0 spiro atoms. The number of nitrogens with two attached hydrogens (primary N) is 2. The molecule has 0 aromatic carbocycles. The highest BCUT2D eigenvalue weighted by Crippen LogP contribution is 2.26. The van der Waals surface area contributed by atoms with Gasteiger partial charge in [0, 0.05) is 30.9 Å². The van der Waals surface area contributed by atoms with Crippen molar-refractivity contribution in [3.63, 3.8) is 0 Å². The van der Waals surface area contributed by atoms with E-state index in [9.17, 15) is 0 Å². The molecule has 0 unspecified atom stereocenters. The van der Waals surface area contributed by atoms with E-state index in [0.29, 0.717) is 0 Å². The van der Waals surface area contributed by atoms with Gasteiger partial charge in [-0.2, -0.15) is 10.1 Å². The highest BCUT2D eigenvalue weighted by Gasteiger charge is 2.22. The van der Waals surface area contributed by atoms with Gasteiger partial charge in [0.2, 0.25) is 5.95 Å². The molecule has 1 aliphatic heterocycles. The lowest BCUT2D eigenvalue weighted by molar-refractivity contribution is 0.751. The van der Waals surface area contributed by atoms with Gasteiger partial charge in [-0.15, -0.1) is 0 Å². The monoisotopic (exact) mass is 273 g/mol. The van der Waals surface area contributed by atoms with Crippen LogP contribution in [-0.2, 0) is 0 Å². The average Bonchev–Trinajstić information content (AvgIpc) is 2.97. The Morgan fingerprint density at radius 2 is 2.15 bits per heavy atom. The van der Waals surface area contributed by atoms with Gasteiger partial charge >= 0.3 is 0 Å². The van der Waals surface area contributed by atoms with Crippen molar-refractivity contribution in [2.24, 2.45) is 5.73 Å². The van der Waals surface area contributed by atoms with Gasteiger partial charge in [0.05, 0.1) is 5.69 Å². The number of hydrogen-bond donors (Lipinski definition) is 3. The van der Waals surface area contributed by atoms with Gasteiger partial charge < -0.3 is 16.4 Å². The molecule has 3 rings (SSSR count). The summed E-state index contributed by atoms with van der Waals surface area (Å²) in [6.45, 7) is 5.69. The first-order chi connectivity index (χ1) is 9.54. The summed E-state index contributed by atoms with van der Waals surface area (Å²) in [5, 5.41) is 7.26. The molecule has 0 saturated carbocycles. The van der Waals surface area contributed by atoms with Crippen LogP contribution in [0, 0.1) is 13.8 Å². The Kier molecular flexibility index (Phi) is 3.06. The number of aryl methyl sites for hydroxylation is 1. The first-order valence-electron chi connectivity index (χ1n) is 6.71. The zero-order valence-corrected chi connectivity index (χ0v) is 11.7. The SMILES string of the molecule is Cc1[nH]nc(-c2cc(N3CC[C@@H](N)C3)nc(N)n2)c1C. The molecule has 1 saturated heterocycles. The minimum atomic E-state index is 0.198. The molecule has 1 fully saturated rings. The Labute approximate surface area is 117 Å². The molecule has 7 nitrogen and oxygen atoms in total. The second-order valence-corrected chi connectivity index (χ2v) is 5.29. The smallest absolute Gasteiger partial charge is 0.222 e. The van der Waals surface area contributed by atoms with E-state index < -0.39 is 0 Å². The molecule has 7 heteroatoms. The van der Waals surface area contributed by atoms with Crippen LogP contribution < -0.4 is 16.4 Å². The Bertz CT molecular complexity index is 634. The maximum Gasteiger partial charge on any atom is 0.222 e. The lowest BCUT2D eigenvalue weighted by atomic mass is 10.1. The van der Waals surface area contributed by atoms with E-state index in [0.717, 1.165) is 48.0 Å². The van der Waals surface area contributed by atoms with Gasteiger partial charge in [-0.25, -0.2) is 4.98 Å². The zero-order valence-electron chi connectivity index (χ0n) is 11.7. The Balaban J connectivity index is 2.00. The summed E-state index contributed by atoms with van der Waals surface area (Å²) in [4.78, 5) is 10.7.